The maximum atomic E-state index is 12.9. The Morgan fingerprint density at radius 3 is 2.77 bits per heavy atom. The molecule has 2 fully saturated rings. The SMILES string of the molecule is CN1CCOC(C(=O)N2CCC(Oc3ccc(F)cc3)C2)C1. The van der Waals surface area contributed by atoms with E-state index in [0.29, 0.717) is 32.0 Å². The largest absolute Gasteiger partial charge is 0.489 e. The van der Waals surface area contributed by atoms with Gasteiger partial charge in [0.25, 0.3) is 5.91 Å². The van der Waals surface area contributed by atoms with Crippen molar-refractivity contribution in [2.24, 2.45) is 0 Å². The van der Waals surface area contributed by atoms with Gasteiger partial charge in [-0.15, -0.1) is 0 Å². The van der Waals surface area contributed by atoms with Gasteiger partial charge in [-0.2, -0.15) is 0 Å². The van der Waals surface area contributed by atoms with E-state index in [1.807, 2.05) is 7.05 Å². The van der Waals surface area contributed by atoms with E-state index in [2.05, 4.69) is 4.90 Å². The van der Waals surface area contributed by atoms with Crippen LogP contribution in [0, 0.1) is 5.82 Å². The van der Waals surface area contributed by atoms with Crippen LogP contribution >= 0.6 is 0 Å². The first-order valence-electron chi connectivity index (χ1n) is 7.63. The molecule has 2 saturated heterocycles. The highest BCUT2D eigenvalue weighted by Gasteiger charge is 2.34. The van der Waals surface area contributed by atoms with E-state index in [-0.39, 0.29) is 23.9 Å². The summed E-state index contributed by atoms with van der Waals surface area (Å²) >= 11 is 0. The van der Waals surface area contributed by atoms with Gasteiger partial charge in [-0.3, -0.25) is 4.79 Å². The third-order valence-corrected chi connectivity index (χ3v) is 4.12. The molecule has 1 aromatic carbocycles. The maximum Gasteiger partial charge on any atom is 0.253 e. The molecule has 22 heavy (non-hydrogen) atoms. The van der Waals surface area contributed by atoms with Crippen molar-refractivity contribution in [3.8, 4) is 5.75 Å². The van der Waals surface area contributed by atoms with E-state index in [1.165, 1.54) is 12.1 Å². The lowest BCUT2D eigenvalue weighted by atomic mass is 10.2. The maximum absolute atomic E-state index is 12.9. The van der Waals surface area contributed by atoms with Gasteiger partial charge in [-0.1, -0.05) is 0 Å². The van der Waals surface area contributed by atoms with E-state index in [1.54, 1.807) is 17.0 Å². The Hall–Kier alpha value is -1.66. The van der Waals surface area contributed by atoms with Gasteiger partial charge in [0.1, 0.15) is 23.8 Å². The Kier molecular flexibility index (Phi) is 4.59. The molecular formula is C16H21FN2O3. The summed E-state index contributed by atoms with van der Waals surface area (Å²) in [5.41, 5.74) is 0. The number of hydrogen-bond acceptors (Lipinski definition) is 4. The van der Waals surface area contributed by atoms with Gasteiger partial charge in [-0.25, -0.2) is 4.39 Å². The number of benzene rings is 1. The van der Waals surface area contributed by atoms with Crippen LogP contribution in [-0.2, 0) is 9.53 Å². The number of hydrogen-bond donors (Lipinski definition) is 0. The highest BCUT2D eigenvalue weighted by Crippen LogP contribution is 2.20. The molecule has 0 aromatic heterocycles. The van der Waals surface area contributed by atoms with Gasteiger partial charge in [-0.05, 0) is 31.3 Å². The molecule has 1 aromatic rings. The highest BCUT2D eigenvalue weighted by atomic mass is 19.1. The molecule has 0 radical (unpaired) electrons. The third-order valence-electron chi connectivity index (χ3n) is 4.12. The van der Waals surface area contributed by atoms with E-state index >= 15 is 0 Å². The first-order valence-corrected chi connectivity index (χ1v) is 7.63. The Bertz CT molecular complexity index is 523. The zero-order valence-corrected chi connectivity index (χ0v) is 12.7. The molecule has 0 saturated carbocycles. The Labute approximate surface area is 129 Å². The second kappa shape index (κ2) is 6.62. The summed E-state index contributed by atoms with van der Waals surface area (Å²) in [4.78, 5) is 16.4. The Balaban J connectivity index is 1.53. The number of likely N-dealkylation sites (N-methyl/N-ethyl adjacent to an activating group) is 1. The summed E-state index contributed by atoms with van der Waals surface area (Å²) in [6, 6.07) is 5.97. The van der Waals surface area contributed by atoms with Gasteiger partial charge in [0, 0.05) is 26.1 Å². The number of halogens is 1. The zero-order chi connectivity index (χ0) is 15.5. The minimum Gasteiger partial charge on any atom is -0.489 e. The lowest BCUT2D eigenvalue weighted by Crippen LogP contribution is -2.49. The van der Waals surface area contributed by atoms with Crippen molar-refractivity contribution >= 4 is 5.91 Å². The van der Waals surface area contributed by atoms with Crippen molar-refractivity contribution in [2.75, 3.05) is 39.8 Å². The van der Waals surface area contributed by atoms with Gasteiger partial charge in [0.15, 0.2) is 0 Å². The van der Waals surface area contributed by atoms with Crippen LogP contribution in [0.5, 0.6) is 5.75 Å². The van der Waals surface area contributed by atoms with Crippen molar-refractivity contribution in [3.05, 3.63) is 30.1 Å². The molecule has 2 heterocycles. The molecule has 0 aliphatic carbocycles. The summed E-state index contributed by atoms with van der Waals surface area (Å²) in [7, 11) is 1.99. The minimum atomic E-state index is -0.372. The summed E-state index contributed by atoms with van der Waals surface area (Å²) in [6.45, 7) is 3.32. The molecule has 0 N–H and O–H groups in total. The fourth-order valence-electron chi connectivity index (χ4n) is 2.86. The molecule has 3 rings (SSSR count). The van der Waals surface area contributed by atoms with Crippen molar-refractivity contribution in [1.29, 1.82) is 0 Å². The van der Waals surface area contributed by atoms with E-state index in [9.17, 15) is 9.18 Å². The number of carbonyl (C=O) groups is 1. The van der Waals surface area contributed by atoms with Crippen LogP contribution in [0.25, 0.3) is 0 Å². The smallest absolute Gasteiger partial charge is 0.253 e. The summed E-state index contributed by atoms with van der Waals surface area (Å²) in [5.74, 6) is 0.389. The molecule has 5 nitrogen and oxygen atoms in total. The van der Waals surface area contributed by atoms with Crippen LogP contribution < -0.4 is 4.74 Å². The fourth-order valence-corrected chi connectivity index (χ4v) is 2.86. The van der Waals surface area contributed by atoms with Crippen molar-refractivity contribution in [2.45, 2.75) is 18.6 Å². The molecule has 2 aliphatic rings. The molecule has 1 amide bonds. The second-order valence-electron chi connectivity index (χ2n) is 5.89. The van der Waals surface area contributed by atoms with E-state index in [4.69, 9.17) is 9.47 Å². The normalized spacial score (nSPS) is 26.2. The van der Waals surface area contributed by atoms with Crippen LogP contribution in [0.15, 0.2) is 24.3 Å². The molecule has 2 atom stereocenters. The summed E-state index contributed by atoms with van der Waals surface area (Å²) in [5, 5.41) is 0. The molecule has 6 heteroatoms. The lowest BCUT2D eigenvalue weighted by Gasteiger charge is -2.31. The van der Waals surface area contributed by atoms with Crippen molar-refractivity contribution in [1.82, 2.24) is 9.80 Å². The van der Waals surface area contributed by atoms with Crippen molar-refractivity contribution in [3.63, 3.8) is 0 Å². The van der Waals surface area contributed by atoms with Crippen LogP contribution in [0.4, 0.5) is 4.39 Å². The number of amides is 1. The van der Waals surface area contributed by atoms with Crippen LogP contribution in [0.2, 0.25) is 0 Å². The predicted octanol–water partition coefficient (Wildman–Crippen LogP) is 1.14. The molecule has 2 unspecified atom stereocenters. The van der Waals surface area contributed by atoms with Gasteiger partial charge in [0.2, 0.25) is 0 Å². The number of rotatable bonds is 3. The Morgan fingerprint density at radius 1 is 1.27 bits per heavy atom. The monoisotopic (exact) mass is 308 g/mol. The topological polar surface area (TPSA) is 42.0 Å². The molecule has 2 aliphatic heterocycles. The average molecular weight is 308 g/mol. The number of carbonyl (C=O) groups excluding carboxylic acids is 1. The Morgan fingerprint density at radius 2 is 2.05 bits per heavy atom. The number of likely N-dealkylation sites (tertiary alicyclic amines) is 1. The zero-order valence-electron chi connectivity index (χ0n) is 12.7. The van der Waals surface area contributed by atoms with Gasteiger partial charge in [0.05, 0.1) is 13.2 Å². The minimum absolute atomic E-state index is 0.0387. The molecule has 0 bridgehead atoms. The number of ether oxygens (including phenoxy) is 2. The number of nitrogens with zero attached hydrogens (tertiary/aromatic N) is 2. The first kappa shape index (κ1) is 15.2. The van der Waals surface area contributed by atoms with Crippen LogP contribution in [0.1, 0.15) is 6.42 Å². The lowest BCUT2D eigenvalue weighted by molar-refractivity contribution is -0.148. The standard InChI is InChI=1S/C16H21FN2O3/c1-18-8-9-21-15(11-18)16(20)19-7-6-14(10-19)22-13-4-2-12(17)3-5-13/h2-5,14-15H,6-11H2,1H3. The first-order chi connectivity index (χ1) is 10.6. The summed E-state index contributed by atoms with van der Waals surface area (Å²) in [6.07, 6.45) is 0.366. The van der Waals surface area contributed by atoms with E-state index < -0.39 is 0 Å². The van der Waals surface area contributed by atoms with Crippen molar-refractivity contribution < 1.29 is 18.7 Å². The molecule has 120 valence electrons. The third kappa shape index (κ3) is 3.56. The molecular weight excluding hydrogens is 287 g/mol. The van der Waals surface area contributed by atoms with E-state index in [0.717, 1.165) is 13.0 Å². The van der Waals surface area contributed by atoms with Gasteiger partial charge < -0.3 is 19.3 Å². The van der Waals surface area contributed by atoms with Crippen LogP contribution in [-0.4, -0.2) is 67.7 Å². The quantitative estimate of drug-likeness (QED) is 0.840. The fraction of sp³-hybridized carbons (Fsp3) is 0.562. The predicted molar refractivity (Wildman–Crippen MR) is 79.3 cm³/mol. The second-order valence-corrected chi connectivity index (χ2v) is 5.89. The van der Waals surface area contributed by atoms with Crippen LogP contribution in [0.3, 0.4) is 0 Å². The molecule has 0 spiro atoms. The average Bonchev–Trinajstić information content (AvgIpc) is 2.97. The number of morpholine rings is 1. The van der Waals surface area contributed by atoms with Gasteiger partial charge >= 0.3 is 0 Å². The summed E-state index contributed by atoms with van der Waals surface area (Å²) < 4.78 is 24.3. The highest BCUT2D eigenvalue weighted by molar-refractivity contribution is 5.81.